The van der Waals surface area contributed by atoms with Crippen molar-refractivity contribution in [3.05, 3.63) is 95.1 Å². The van der Waals surface area contributed by atoms with Crippen molar-refractivity contribution in [3.63, 3.8) is 0 Å². The molecule has 0 spiro atoms. The Bertz CT molecular complexity index is 1160. The Hall–Kier alpha value is -3.58. The molecule has 206 valence electrons. The maximum Gasteiger partial charge on any atom is 0.411 e. The minimum atomic E-state index is -6.17. The maximum absolute atomic E-state index is 14.3. The number of nitrogen functional groups attached to an aromatic ring is 2. The van der Waals surface area contributed by atoms with Gasteiger partial charge in [-0.3, -0.25) is 0 Å². The molecule has 0 aliphatic heterocycles. The summed E-state index contributed by atoms with van der Waals surface area (Å²) in [4.78, 5) is 0. The minimum absolute atomic E-state index is 0.0753. The van der Waals surface area contributed by atoms with Crippen molar-refractivity contribution in [2.24, 2.45) is 0 Å². The first-order valence-electron chi connectivity index (χ1n) is 10.3. The van der Waals surface area contributed by atoms with Gasteiger partial charge >= 0.3 is 24.7 Å². The zero-order valence-electron chi connectivity index (χ0n) is 18.6. The predicted molar refractivity (Wildman–Crippen MR) is 114 cm³/mol. The second-order valence-electron chi connectivity index (χ2n) is 8.24. The molecule has 38 heavy (non-hydrogen) atoms. The molecule has 0 aromatic heterocycles. The summed E-state index contributed by atoms with van der Waals surface area (Å²) >= 11 is 0. The van der Waals surface area contributed by atoms with E-state index in [9.17, 15) is 52.7 Å². The highest BCUT2D eigenvalue weighted by molar-refractivity contribution is 5.60. The van der Waals surface area contributed by atoms with Crippen molar-refractivity contribution >= 4 is 11.4 Å². The van der Waals surface area contributed by atoms with Gasteiger partial charge in [-0.2, -0.15) is 52.7 Å². The number of nitrogens with two attached hydrogens (primary N) is 2. The molecule has 0 aliphatic carbocycles. The van der Waals surface area contributed by atoms with Crippen LogP contribution in [0.2, 0.25) is 0 Å². The van der Waals surface area contributed by atoms with E-state index in [-0.39, 0.29) is 24.3 Å². The van der Waals surface area contributed by atoms with Crippen LogP contribution in [-0.4, -0.2) is 24.7 Å². The molecule has 3 aromatic carbocycles. The van der Waals surface area contributed by atoms with Gasteiger partial charge in [0.15, 0.2) is 0 Å². The normalized spacial score (nSPS) is 14.0. The second-order valence-corrected chi connectivity index (χ2v) is 8.24. The largest absolute Gasteiger partial charge is 0.411 e. The summed E-state index contributed by atoms with van der Waals surface area (Å²) in [6.07, 6.45) is -24.7. The molecule has 0 saturated heterocycles. The average molecular weight is 560 g/mol. The molecule has 0 saturated carbocycles. The third-order valence-electron chi connectivity index (χ3n) is 6.18. The molecule has 0 radical (unpaired) electrons. The SMILES string of the molecule is Nc1ccccc1C(c1ccc(C(c2ccccc2N)(C(F)(F)F)C(F)(F)F)cc1)(C(F)(F)F)C(F)(F)F. The van der Waals surface area contributed by atoms with Gasteiger partial charge in [-0.05, 0) is 23.3 Å². The Labute approximate surface area is 206 Å². The maximum atomic E-state index is 14.3. The lowest BCUT2D eigenvalue weighted by atomic mass is 9.69. The van der Waals surface area contributed by atoms with E-state index in [2.05, 4.69) is 0 Å². The van der Waals surface area contributed by atoms with Crippen molar-refractivity contribution in [2.75, 3.05) is 11.5 Å². The lowest BCUT2D eigenvalue weighted by Crippen LogP contribution is -2.56. The van der Waals surface area contributed by atoms with Crippen LogP contribution in [0.4, 0.5) is 64.1 Å². The van der Waals surface area contributed by atoms with Gasteiger partial charge in [0.1, 0.15) is 0 Å². The van der Waals surface area contributed by atoms with Gasteiger partial charge in [0.25, 0.3) is 0 Å². The number of rotatable bonds is 4. The number of halogens is 12. The first-order valence-corrected chi connectivity index (χ1v) is 10.3. The molecular formula is C24H16F12N2. The first-order chi connectivity index (χ1) is 17.2. The minimum Gasteiger partial charge on any atom is -0.398 e. The highest BCUT2D eigenvalue weighted by Crippen LogP contribution is 2.60. The van der Waals surface area contributed by atoms with Crippen LogP contribution < -0.4 is 11.5 Å². The third-order valence-corrected chi connectivity index (χ3v) is 6.18. The summed E-state index contributed by atoms with van der Waals surface area (Å²) in [5.41, 5.74) is -7.20. The van der Waals surface area contributed by atoms with Crippen molar-refractivity contribution in [2.45, 2.75) is 35.5 Å². The zero-order chi connectivity index (χ0) is 28.9. The van der Waals surface area contributed by atoms with E-state index in [1.54, 1.807) is 0 Å². The average Bonchev–Trinajstić information content (AvgIpc) is 2.74. The van der Waals surface area contributed by atoms with Crippen LogP contribution >= 0.6 is 0 Å². The van der Waals surface area contributed by atoms with Gasteiger partial charge in [0.2, 0.25) is 10.8 Å². The molecule has 14 heteroatoms. The van der Waals surface area contributed by atoms with Crippen LogP contribution in [-0.2, 0) is 10.8 Å². The molecule has 0 aliphatic rings. The van der Waals surface area contributed by atoms with Gasteiger partial charge < -0.3 is 11.5 Å². The van der Waals surface area contributed by atoms with Crippen LogP contribution in [0.15, 0.2) is 72.8 Å². The summed E-state index contributed by atoms with van der Waals surface area (Å²) in [6, 6.07) is 5.76. The van der Waals surface area contributed by atoms with Gasteiger partial charge in [0.05, 0.1) is 0 Å². The van der Waals surface area contributed by atoms with Gasteiger partial charge in [-0.25, -0.2) is 0 Å². The molecule has 0 fully saturated rings. The number of alkyl halides is 12. The predicted octanol–water partition coefficient (Wildman–Crippen LogP) is 7.67. The molecule has 0 bridgehead atoms. The summed E-state index contributed by atoms with van der Waals surface area (Å²) in [6.45, 7) is 0. The lowest BCUT2D eigenvalue weighted by molar-refractivity contribution is -0.290. The molecule has 0 amide bonds. The standard InChI is InChI=1S/C24H16F12N2/c25-21(26,27)19(22(28,29)30,15-5-1-3-7-17(15)37)13-9-11-14(12-10-13)20(23(31,32)33,24(34,35)36)16-6-2-4-8-18(16)38/h1-12H,37-38H2. The smallest absolute Gasteiger partial charge is 0.398 e. The molecule has 3 rings (SSSR count). The Morgan fingerprint density at radius 3 is 0.816 bits per heavy atom. The molecular weight excluding hydrogens is 544 g/mol. The van der Waals surface area contributed by atoms with Crippen molar-refractivity contribution in [3.8, 4) is 0 Å². The fourth-order valence-corrected chi connectivity index (χ4v) is 4.55. The van der Waals surface area contributed by atoms with E-state index in [1.807, 2.05) is 0 Å². The number of anilines is 2. The van der Waals surface area contributed by atoms with E-state index in [4.69, 9.17) is 11.5 Å². The van der Waals surface area contributed by atoms with E-state index < -0.39 is 69.2 Å². The summed E-state index contributed by atoms with van der Waals surface area (Å²) < 4.78 is 172. The van der Waals surface area contributed by atoms with Crippen LogP contribution in [0.5, 0.6) is 0 Å². The Kier molecular flexibility index (Phi) is 6.88. The molecule has 0 unspecified atom stereocenters. The number of hydrogen-bond acceptors (Lipinski definition) is 2. The number of hydrogen-bond donors (Lipinski definition) is 2. The summed E-state index contributed by atoms with van der Waals surface area (Å²) in [5, 5.41) is 0. The van der Waals surface area contributed by atoms with Gasteiger partial charge in [-0.1, -0.05) is 60.7 Å². The molecule has 4 N–H and O–H groups in total. The zero-order valence-corrected chi connectivity index (χ0v) is 18.6. The summed E-state index contributed by atoms with van der Waals surface area (Å²) in [7, 11) is 0. The van der Waals surface area contributed by atoms with E-state index >= 15 is 0 Å². The van der Waals surface area contributed by atoms with Gasteiger partial charge in [-0.15, -0.1) is 0 Å². The third kappa shape index (κ3) is 4.09. The highest BCUT2D eigenvalue weighted by atomic mass is 19.4. The van der Waals surface area contributed by atoms with E-state index in [0.29, 0.717) is 12.1 Å². The van der Waals surface area contributed by atoms with Crippen molar-refractivity contribution in [1.82, 2.24) is 0 Å². The monoisotopic (exact) mass is 560 g/mol. The molecule has 3 aromatic rings. The topological polar surface area (TPSA) is 52.0 Å². The highest BCUT2D eigenvalue weighted by Gasteiger charge is 2.75. The number of para-hydroxylation sites is 2. The first kappa shape index (κ1) is 29.0. The van der Waals surface area contributed by atoms with E-state index in [1.165, 1.54) is 0 Å². The second kappa shape index (κ2) is 9.02. The van der Waals surface area contributed by atoms with Gasteiger partial charge in [0, 0.05) is 22.5 Å². The molecule has 0 heterocycles. The lowest BCUT2D eigenvalue weighted by Gasteiger charge is -2.41. The fourth-order valence-electron chi connectivity index (χ4n) is 4.55. The van der Waals surface area contributed by atoms with E-state index in [0.717, 1.165) is 36.4 Å². The summed E-state index contributed by atoms with van der Waals surface area (Å²) in [5.74, 6) is 0. The fraction of sp³-hybridized carbons (Fsp3) is 0.250. The van der Waals surface area contributed by atoms with Crippen molar-refractivity contribution < 1.29 is 52.7 Å². The quantitative estimate of drug-likeness (QED) is 0.254. The van der Waals surface area contributed by atoms with Crippen LogP contribution in [0.1, 0.15) is 22.3 Å². The number of benzene rings is 3. The van der Waals surface area contributed by atoms with Crippen LogP contribution in [0, 0.1) is 0 Å². The Balaban J connectivity index is 2.44. The Morgan fingerprint density at radius 2 is 0.605 bits per heavy atom. The van der Waals surface area contributed by atoms with Crippen LogP contribution in [0.3, 0.4) is 0 Å². The van der Waals surface area contributed by atoms with Crippen LogP contribution in [0.25, 0.3) is 0 Å². The Morgan fingerprint density at radius 1 is 0.368 bits per heavy atom. The molecule has 0 atom stereocenters. The van der Waals surface area contributed by atoms with Crippen molar-refractivity contribution in [1.29, 1.82) is 0 Å². The molecule has 2 nitrogen and oxygen atoms in total.